The Kier molecular flexibility index (Phi) is 2.86. The molecular weight excluding hydrogens is 230 g/mol. The number of hydrogen-bond donors (Lipinski definition) is 1. The second kappa shape index (κ2) is 4.31. The zero-order chi connectivity index (χ0) is 11.5. The van der Waals surface area contributed by atoms with E-state index < -0.39 is 0 Å². The van der Waals surface area contributed by atoms with Gasteiger partial charge < -0.3 is 10.5 Å². The molecule has 0 fully saturated rings. The van der Waals surface area contributed by atoms with Crippen molar-refractivity contribution in [3.8, 4) is 5.88 Å². The van der Waals surface area contributed by atoms with E-state index >= 15 is 0 Å². The van der Waals surface area contributed by atoms with Crippen LogP contribution in [0.3, 0.4) is 0 Å². The van der Waals surface area contributed by atoms with Gasteiger partial charge in [0.05, 0.1) is 7.11 Å². The molecule has 2 heterocycles. The number of rotatable bonds is 3. The van der Waals surface area contributed by atoms with Gasteiger partial charge in [-0.3, -0.25) is 0 Å². The number of nitrogens with zero attached hydrogens (tertiary/aromatic N) is 6. The first kappa shape index (κ1) is 10.6. The van der Waals surface area contributed by atoms with Gasteiger partial charge in [-0.15, -0.1) is 5.10 Å². The Morgan fingerprint density at radius 2 is 2.25 bits per heavy atom. The summed E-state index contributed by atoms with van der Waals surface area (Å²) in [7, 11) is 3.23. The lowest BCUT2D eigenvalue weighted by atomic mass is 10.5. The monoisotopic (exact) mass is 239 g/mol. The highest BCUT2D eigenvalue weighted by molar-refractivity contribution is 7.99. The average Bonchev–Trinajstić information content (AvgIpc) is 2.68. The van der Waals surface area contributed by atoms with Crippen molar-refractivity contribution >= 4 is 17.4 Å². The Labute approximate surface area is 95.2 Å². The molecule has 8 nitrogen and oxygen atoms in total. The van der Waals surface area contributed by atoms with E-state index in [0.717, 1.165) is 0 Å². The van der Waals surface area contributed by atoms with E-state index in [0.29, 0.717) is 21.7 Å². The number of ether oxygens (including phenoxy) is 1. The van der Waals surface area contributed by atoms with Crippen LogP contribution in [-0.2, 0) is 7.05 Å². The van der Waals surface area contributed by atoms with Crippen LogP contribution in [0.4, 0.5) is 5.69 Å². The van der Waals surface area contributed by atoms with Gasteiger partial charge in [0, 0.05) is 7.05 Å². The molecule has 0 amide bonds. The van der Waals surface area contributed by atoms with Crippen LogP contribution in [0.15, 0.2) is 16.5 Å². The van der Waals surface area contributed by atoms with Crippen molar-refractivity contribution in [3.63, 3.8) is 0 Å². The summed E-state index contributed by atoms with van der Waals surface area (Å²) in [5.41, 5.74) is 6.18. The second-order valence-electron chi connectivity index (χ2n) is 2.79. The molecule has 0 aliphatic rings. The number of tetrazole rings is 1. The van der Waals surface area contributed by atoms with Crippen LogP contribution >= 0.6 is 11.8 Å². The quantitative estimate of drug-likeness (QED) is 0.730. The number of hydrogen-bond acceptors (Lipinski definition) is 8. The number of anilines is 1. The fourth-order valence-corrected chi connectivity index (χ4v) is 1.72. The average molecular weight is 239 g/mol. The Bertz CT molecular complexity index is 499. The molecule has 2 rings (SSSR count). The van der Waals surface area contributed by atoms with Crippen molar-refractivity contribution in [3.05, 3.63) is 6.33 Å². The van der Waals surface area contributed by atoms with Gasteiger partial charge in [0.25, 0.3) is 0 Å². The van der Waals surface area contributed by atoms with Crippen LogP contribution in [0.2, 0.25) is 0 Å². The summed E-state index contributed by atoms with van der Waals surface area (Å²) in [6.45, 7) is 0. The predicted octanol–water partition coefficient (Wildman–Crippen LogP) is -0.258. The minimum Gasteiger partial charge on any atom is -0.479 e. The molecule has 0 bridgehead atoms. The van der Waals surface area contributed by atoms with Crippen molar-refractivity contribution in [2.45, 2.75) is 10.2 Å². The molecule has 0 unspecified atom stereocenters. The minimum atomic E-state index is 0.340. The third-order valence-electron chi connectivity index (χ3n) is 1.77. The van der Waals surface area contributed by atoms with Gasteiger partial charge >= 0.3 is 0 Å². The maximum Gasteiger partial charge on any atom is 0.241 e. The highest BCUT2D eigenvalue weighted by Gasteiger charge is 2.12. The molecule has 2 aromatic rings. The van der Waals surface area contributed by atoms with Gasteiger partial charge in [-0.1, -0.05) is 0 Å². The summed E-state index contributed by atoms with van der Waals surface area (Å²) >= 11 is 1.25. The molecule has 0 saturated heterocycles. The van der Waals surface area contributed by atoms with Gasteiger partial charge in [-0.05, 0) is 22.2 Å². The van der Waals surface area contributed by atoms with Crippen LogP contribution in [0, 0.1) is 0 Å². The highest BCUT2D eigenvalue weighted by Crippen LogP contribution is 2.31. The van der Waals surface area contributed by atoms with E-state index in [1.807, 2.05) is 0 Å². The number of aryl methyl sites for hydroxylation is 1. The smallest absolute Gasteiger partial charge is 0.241 e. The largest absolute Gasteiger partial charge is 0.479 e. The van der Waals surface area contributed by atoms with E-state index in [1.54, 1.807) is 7.05 Å². The first-order valence-corrected chi connectivity index (χ1v) is 5.08. The molecule has 2 aromatic heterocycles. The highest BCUT2D eigenvalue weighted by atomic mass is 32.2. The zero-order valence-electron chi connectivity index (χ0n) is 8.65. The van der Waals surface area contributed by atoms with Crippen LogP contribution in [0.5, 0.6) is 5.88 Å². The maximum absolute atomic E-state index is 5.81. The Morgan fingerprint density at radius 1 is 1.44 bits per heavy atom. The third-order valence-corrected chi connectivity index (χ3v) is 2.82. The van der Waals surface area contributed by atoms with E-state index in [4.69, 9.17) is 10.5 Å². The molecule has 84 valence electrons. The Hall–Kier alpha value is -1.90. The first-order chi connectivity index (χ1) is 7.72. The number of aromatic nitrogens is 6. The molecule has 0 spiro atoms. The van der Waals surface area contributed by atoms with Gasteiger partial charge in [-0.2, -0.15) is 4.98 Å². The molecule has 0 aliphatic carbocycles. The van der Waals surface area contributed by atoms with E-state index in [2.05, 4.69) is 25.5 Å². The molecule has 0 aromatic carbocycles. The van der Waals surface area contributed by atoms with Crippen LogP contribution < -0.4 is 10.5 Å². The van der Waals surface area contributed by atoms with E-state index in [9.17, 15) is 0 Å². The third kappa shape index (κ3) is 1.89. The molecule has 0 atom stereocenters. The topological polar surface area (TPSA) is 105 Å². The summed E-state index contributed by atoms with van der Waals surface area (Å²) < 4.78 is 6.51. The maximum atomic E-state index is 5.81. The lowest BCUT2D eigenvalue weighted by Gasteiger charge is -2.05. The molecular formula is C7H9N7OS. The number of nitrogens with two attached hydrogens (primary N) is 1. The normalized spacial score (nSPS) is 10.4. The van der Waals surface area contributed by atoms with Crippen molar-refractivity contribution in [2.24, 2.45) is 7.05 Å². The van der Waals surface area contributed by atoms with Crippen molar-refractivity contribution in [1.29, 1.82) is 0 Å². The van der Waals surface area contributed by atoms with Crippen molar-refractivity contribution in [2.75, 3.05) is 12.8 Å². The fraction of sp³-hybridized carbons (Fsp3) is 0.286. The van der Waals surface area contributed by atoms with Gasteiger partial charge in [-0.25, -0.2) is 9.67 Å². The second-order valence-corrected chi connectivity index (χ2v) is 3.74. The predicted molar refractivity (Wildman–Crippen MR) is 55.9 cm³/mol. The van der Waals surface area contributed by atoms with Crippen LogP contribution in [0.1, 0.15) is 0 Å². The van der Waals surface area contributed by atoms with E-state index in [1.165, 1.54) is 29.9 Å². The lowest BCUT2D eigenvalue weighted by Crippen LogP contribution is -2.00. The molecule has 16 heavy (non-hydrogen) atoms. The number of methoxy groups -OCH3 is 1. The summed E-state index contributed by atoms with van der Waals surface area (Å²) in [6.07, 6.45) is 1.38. The molecule has 0 aliphatic heterocycles. The van der Waals surface area contributed by atoms with Crippen LogP contribution in [0.25, 0.3) is 0 Å². The van der Waals surface area contributed by atoms with Crippen LogP contribution in [-0.4, -0.2) is 37.3 Å². The SMILES string of the molecule is COc1ncnc(Sc2nnnn2C)c1N. The zero-order valence-corrected chi connectivity index (χ0v) is 9.47. The standard InChI is InChI=1S/C7H9N7OS/c1-14-7(11-12-13-14)16-6-4(8)5(15-2)9-3-10-6/h3H,8H2,1-2H3. The fourth-order valence-electron chi connectivity index (χ4n) is 1.00. The van der Waals surface area contributed by atoms with Gasteiger partial charge in [0.15, 0.2) is 0 Å². The first-order valence-electron chi connectivity index (χ1n) is 4.27. The number of nitrogen functional groups attached to an aromatic ring is 1. The minimum absolute atomic E-state index is 0.340. The molecule has 0 radical (unpaired) electrons. The Morgan fingerprint density at radius 3 is 2.88 bits per heavy atom. The van der Waals surface area contributed by atoms with Gasteiger partial charge in [0.1, 0.15) is 17.0 Å². The van der Waals surface area contributed by atoms with Crippen molar-refractivity contribution < 1.29 is 4.74 Å². The lowest BCUT2D eigenvalue weighted by molar-refractivity contribution is 0.397. The molecule has 0 saturated carbocycles. The Balaban J connectivity index is 2.32. The summed E-state index contributed by atoms with van der Waals surface area (Å²) in [5.74, 6) is 0.340. The summed E-state index contributed by atoms with van der Waals surface area (Å²) in [6, 6.07) is 0. The summed E-state index contributed by atoms with van der Waals surface area (Å²) in [4.78, 5) is 7.92. The van der Waals surface area contributed by atoms with Gasteiger partial charge in [0.2, 0.25) is 11.0 Å². The molecule has 9 heteroatoms. The van der Waals surface area contributed by atoms with E-state index in [-0.39, 0.29) is 0 Å². The molecule has 2 N–H and O–H groups in total. The van der Waals surface area contributed by atoms with Crippen molar-refractivity contribution in [1.82, 2.24) is 30.2 Å². The summed E-state index contributed by atoms with van der Waals surface area (Å²) in [5, 5.41) is 12.2.